The van der Waals surface area contributed by atoms with Crippen LogP contribution in [0.4, 0.5) is 0 Å². The molecule has 6 nitrogen and oxygen atoms in total. The van der Waals surface area contributed by atoms with E-state index in [1.807, 2.05) is 0 Å². The van der Waals surface area contributed by atoms with Gasteiger partial charge in [-0.1, -0.05) is 12.8 Å². The summed E-state index contributed by atoms with van der Waals surface area (Å²) in [5, 5.41) is 17.6. The first-order chi connectivity index (χ1) is 12.7. The minimum Gasteiger partial charge on any atom is -0.465 e. The smallest absolute Gasteiger partial charge is 0.309 e. The zero-order chi connectivity index (χ0) is 18.8. The molecule has 4 atom stereocenters. The predicted molar refractivity (Wildman–Crippen MR) is 96.2 cm³/mol. The van der Waals surface area contributed by atoms with Crippen molar-refractivity contribution >= 4 is 11.9 Å². The van der Waals surface area contributed by atoms with Crippen LogP contribution in [0.25, 0.3) is 0 Å². The molecule has 2 aliphatic carbocycles. The summed E-state index contributed by atoms with van der Waals surface area (Å²) >= 11 is 0. The van der Waals surface area contributed by atoms with Gasteiger partial charge in [-0.3, -0.25) is 9.59 Å². The van der Waals surface area contributed by atoms with E-state index in [0.717, 1.165) is 38.5 Å². The number of unbranched alkanes of at least 4 members (excludes halogenated alkanes) is 2. The molecular formula is C20H34O6. The number of esters is 2. The summed E-state index contributed by atoms with van der Waals surface area (Å²) in [6.07, 6.45) is 8.22. The van der Waals surface area contributed by atoms with Gasteiger partial charge >= 0.3 is 11.9 Å². The van der Waals surface area contributed by atoms with E-state index in [9.17, 15) is 9.59 Å². The molecule has 4 unspecified atom stereocenters. The van der Waals surface area contributed by atoms with Gasteiger partial charge in [-0.05, 0) is 63.2 Å². The van der Waals surface area contributed by atoms with Crippen LogP contribution < -0.4 is 0 Å². The molecule has 2 aliphatic rings. The standard InChI is InChI=1S/C20H34O6/c21-11-1-3-13-25-19(23)17-9-5-8-16-15(17)7-6-10-18(16)20(24)26-14-4-2-12-22/h15-18,21-22H,1-14H2. The lowest BCUT2D eigenvalue weighted by atomic mass is 9.61. The number of carbonyl (C=O) groups is 2. The maximum absolute atomic E-state index is 12.5. The molecule has 2 N–H and O–H groups in total. The van der Waals surface area contributed by atoms with Gasteiger partial charge in [0.05, 0.1) is 25.0 Å². The second-order valence-corrected chi connectivity index (χ2v) is 7.60. The van der Waals surface area contributed by atoms with Crippen LogP contribution in [-0.4, -0.2) is 48.6 Å². The van der Waals surface area contributed by atoms with E-state index in [4.69, 9.17) is 19.7 Å². The average molecular weight is 370 g/mol. The van der Waals surface area contributed by atoms with Crippen LogP contribution in [0.2, 0.25) is 0 Å². The van der Waals surface area contributed by atoms with E-state index < -0.39 is 0 Å². The maximum Gasteiger partial charge on any atom is 0.309 e. The molecule has 0 amide bonds. The zero-order valence-corrected chi connectivity index (χ0v) is 15.7. The first-order valence-corrected chi connectivity index (χ1v) is 10.2. The Hall–Kier alpha value is -1.14. The van der Waals surface area contributed by atoms with Crippen molar-refractivity contribution in [2.24, 2.45) is 23.7 Å². The Morgan fingerprint density at radius 1 is 0.692 bits per heavy atom. The van der Waals surface area contributed by atoms with E-state index in [1.54, 1.807) is 0 Å². The summed E-state index contributed by atoms with van der Waals surface area (Å²) in [6.45, 7) is 0.967. The number of aliphatic hydroxyl groups excluding tert-OH is 2. The Kier molecular flexibility index (Phi) is 9.40. The summed E-state index contributed by atoms with van der Waals surface area (Å²) < 4.78 is 10.9. The fourth-order valence-electron chi connectivity index (χ4n) is 4.58. The number of carbonyl (C=O) groups excluding carboxylic acids is 2. The van der Waals surface area contributed by atoms with Gasteiger partial charge in [0.25, 0.3) is 0 Å². The lowest BCUT2D eigenvalue weighted by Crippen LogP contribution is -2.43. The molecule has 0 aromatic heterocycles. The number of ether oxygens (including phenoxy) is 2. The molecule has 2 saturated carbocycles. The van der Waals surface area contributed by atoms with Gasteiger partial charge in [0.2, 0.25) is 0 Å². The Balaban J connectivity index is 1.88. The second-order valence-electron chi connectivity index (χ2n) is 7.60. The van der Waals surface area contributed by atoms with Gasteiger partial charge in [-0.15, -0.1) is 0 Å². The molecule has 0 aliphatic heterocycles. The Bertz CT molecular complexity index is 398. The summed E-state index contributed by atoms with van der Waals surface area (Å²) in [5.41, 5.74) is 0. The number of aliphatic hydroxyl groups is 2. The van der Waals surface area contributed by atoms with Crippen molar-refractivity contribution in [1.29, 1.82) is 0 Å². The highest BCUT2D eigenvalue weighted by Gasteiger charge is 2.46. The lowest BCUT2D eigenvalue weighted by molar-refractivity contribution is -0.162. The van der Waals surface area contributed by atoms with Gasteiger partial charge in [0.15, 0.2) is 0 Å². The molecule has 0 bridgehead atoms. The fourth-order valence-corrected chi connectivity index (χ4v) is 4.58. The Morgan fingerprint density at radius 3 is 1.50 bits per heavy atom. The van der Waals surface area contributed by atoms with Gasteiger partial charge in [0.1, 0.15) is 0 Å². The third kappa shape index (κ3) is 5.95. The van der Waals surface area contributed by atoms with E-state index in [1.165, 1.54) is 0 Å². The van der Waals surface area contributed by atoms with Crippen LogP contribution in [0.5, 0.6) is 0 Å². The molecule has 2 rings (SSSR count). The summed E-state index contributed by atoms with van der Waals surface area (Å²) in [7, 11) is 0. The van der Waals surface area contributed by atoms with Gasteiger partial charge < -0.3 is 19.7 Å². The van der Waals surface area contributed by atoms with Gasteiger partial charge in [0, 0.05) is 13.2 Å². The largest absolute Gasteiger partial charge is 0.465 e. The molecule has 150 valence electrons. The normalized spacial score (nSPS) is 28.2. The quantitative estimate of drug-likeness (QED) is 0.453. The molecule has 0 radical (unpaired) electrons. The molecule has 6 heteroatoms. The molecule has 0 spiro atoms. The highest BCUT2D eigenvalue weighted by atomic mass is 16.5. The molecule has 2 fully saturated rings. The topological polar surface area (TPSA) is 93.1 Å². The van der Waals surface area contributed by atoms with Crippen LogP contribution >= 0.6 is 0 Å². The third-order valence-corrected chi connectivity index (χ3v) is 5.89. The van der Waals surface area contributed by atoms with Crippen molar-refractivity contribution in [2.45, 2.75) is 64.2 Å². The molecule has 0 heterocycles. The van der Waals surface area contributed by atoms with Crippen molar-refractivity contribution in [2.75, 3.05) is 26.4 Å². The van der Waals surface area contributed by atoms with Gasteiger partial charge in [-0.2, -0.15) is 0 Å². The Morgan fingerprint density at radius 2 is 1.12 bits per heavy atom. The first-order valence-electron chi connectivity index (χ1n) is 10.2. The predicted octanol–water partition coefficient (Wildman–Crippen LogP) is 2.45. The number of hydrogen-bond acceptors (Lipinski definition) is 6. The van der Waals surface area contributed by atoms with E-state index in [0.29, 0.717) is 38.9 Å². The van der Waals surface area contributed by atoms with Crippen molar-refractivity contribution in [3.8, 4) is 0 Å². The highest BCUT2D eigenvalue weighted by molar-refractivity contribution is 5.75. The zero-order valence-electron chi connectivity index (χ0n) is 15.7. The summed E-state index contributed by atoms with van der Waals surface area (Å²) in [5.74, 6) is -0.0272. The minimum absolute atomic E-state index is 0.104. The second kappa shape index (κ2) is 11.5. The van der Waals surface area contributed by atoms with Crippen LogP contribution in [0.3, 0.4) is 0 Å². The Labute approximate surface area is 156 Å². The van der Waals surface area contributed by atoms with E-state index in [-0.39, 0.29) is 48.8 Å². The molecule has 26 heavy (non-hydrogen) atoms. The van der Waals surface area contributed by atoms with Crippen molar-refractivity contribution in [3.63, 3.8) is 0 Å². The molecule has 0 aromatic carbocycles. The maximum atomic E-state index is 12.5. The monoisotopic (exact) mass is 370 g/mol. The fraction of sp³-hybridized carbons (Fsp3) is 0.900. The van der Waals surface area contributed by atoms with E-state index >= 15 is 0 Å². The van der Waals surface area contributed by atoms with Gasteiger partial charge in [-0.25, -0.2) is 0 Å². The highest BCUT2D eigenvalue weighted by Crippen LogP contribution is 2.47. The van der Waals surface area contributed by atoms with Crippen LogP contribution in [0.15, 0.2) is 0 Å². The summed E-state index contributed by atoms with van der Waals surface area (Å²) in [4.78, 5) is 25.0. The van der Waals surface area contributed by atoms with Crippen LogP contribution in [0.1, 0.15) is 64.2 Å². The third-order valence-electron chi connectivity index (χ3n) is 5.89. The van der Waals surface area contributed by atoms with Crippen molar-refractivity contribution in [3.05, 3.63) is 0 Å². The SMILES string of the molecule is O=C(OCCCCO)C1CCCC2C(C(=O)OCCCCO)CCCC12. The number of rotatable bonds is 10. The molecule has 0 aromatic rings. The molecule has 0 saturated heterocycles. The van der Waals surface area contributed by atoms with Crippen molar-refractivity contribution in [1.82, 2.24) is 0 Å². The first kappa shape index (κ1) is 21.2. The number of hydrogen-bond donors (Lipinski definition) is 2. The summed E-state index contributed by atoms with van der Waals surface area (Å²) in [6, 6.07) is 0. The minimum atomic E-state index is -0.130. The van der Waals surface area contributed by atoms with Crippen molar-refractivity contribution < 1.29 is 29.3 Å². The molecular weight excluding hydrogens is 336 g/mol. The van der Waals surface area contributed by atoms with Crippen LogP contribution in [-0.2, 0) is 19.1 Å². The van der Waals surface area contributed by atoms with Crippen LogP contribution in [0, 0.1) is 23.7 Å². The average Bonchev–Trinajstić information content (AvgIpc) is 2.67. The lowest BCUT2D eigenvalue weighted by Gasteiger charge is -2.43. The van der Waals surface area contributed by atoms with E-state index in [2.05, 4.69) is 0 Å². The number of fused-ring (bicyclic) bond motifs is 1.